The van der Waals surface area contributed by atoms with E-state index in [9.17, 15) is 4.79 Å². The molecule has 0 N–H and O–H groups in total. The molecule has 2 rings (SSSR count). The van der Waals surface area contributed by atoms with E-state index >= 15 is 0 Å². The molecular formula is C12H15N3O2S. The molecule has 0 amide bonds. The topological polar surface area (TPSA) is 57.0 Å². The fourth-order valence-electron chi connectivity index (χ4n) is 1.56. The van der Waals surface area contributed by atoms with Crippen LogP contribution in [-0.4, -0.2) is 21.4 Å². The maximum atomic E-state index is 11.5. The van der Waals surface area contributed by atoms with Gasteiger partial charge in [0.2, 0.25) is 0 Å². The van der Waals surface area contributed by atoms with Crippen molar-refractivity contribution in [1.82, 2.24) is 14.8 Å². The molecule has 1 atom stereocenters. The number of aromatic nitrogens is 3. The Bertz CT molecular complexity index is 564. The summed E-state index contributed by atoms with van der Waals surface area (Å²) < 4.78 is 6.87. The Morgan fingerprint density at radius 1 is 1.56 bits per heavy atom. The first kappa shape index (κ1) is 12.9. The minimum absolute atomic E-state index is 0.00537. The predicted molar refractivity (Wildman–Crippen MR) is 69.8 cm³/mol. The van der Waals surface area contributed by atoms with Crippen LogP contribution in [-0.2, 0) is 11.3 Å². The normalized spacial score (nSPS) is 12.6. The van der Waals surface area contributed by atoms with E-state index in [0.29, 0.717) is 13.2 Å². The summed E-state index contributed by atoms with van der Waals surface area (Å²) in [5.74, 6) is 0. The van der Waals surface area contributed by atoms with E-state index in [0.717, 1.165) is 10.7 Å². The van der Waals surface area contributed by atoms with Gasteiger partial charge >= 0.3 is 0 Å². The van der Waals surface area contributed by atoms with Gasteiger partial charge in [0, 0.05) is 24.3 Å². The zero-order valence-electron chi connectivity index (χ0n) is 10.4. The third-order valence-corrected chi connectivity index (χ3v) is 3.49. The second-order valence-corrected chi connectivity index (χ2v) is 4.68. The van der Waals surface area contributed by atoms with E-state index in [1.807, 2.05) is 19.2 Å². The maximum absolute atomic E-state index is 11.5. The Morgan fingerprint density at radius 2 is 2.39 bits per heavy atom. The highest BCUT2D eigenvalue weighted by Crippen LogP contribution is 2.21. The van der Waals surface area contributed by atoms with Gasteiger partial charge in [0.15, 0.2) is 0 Å². The fraction of sp³-hybridized carbons (Fsp3) is 0.417. The molecule has 0 unspecified atom stereocenters. The zero-order chi connectivity index (χ0) is 13.0. The van der Waals surface area contributed by atoms with E-state index in [1.54, 1.807) is 23.6 Å². The van der Waals surface area contributed by atoms with Gasteiger partial charge in [-0.15, -0.1) is 11.3 Å². The molecule has 0 saturated carbocycles. The van der Waals surface area contributed by atoms with E-state index in [-0.39, 0.29) is 11.7 Å². The highest BCUT2D eigenvalue weighted by molar-refractivity contribution is 7.09. The van der Waals surface area contributed by atoms with Gasteiger partial charge < -0.3 is 4.74 Å². The third kappa shape index (κ3) is 3.02. The lowest BCUT2D eigenvalue weighted by Gasteiger charge is -2.07. The quantitative estimate of drug-likeness (QED) is 0.827. The van der Waals surface area contributed by atoms with Crippen LogP contribution in [0.1, 0.15) is 30.7 Å². The highest BCUT2D eigenvalue weighted by Gasteiger charge is 2.10. The van der Waals surface area contributed by atoms with Crippen molar-refractivity contribution in [1.29, 1.82) is 0 Å². The van der Waals surface area contributed by atoms with Crippen LogP contribution >= 0.6 is 11.3 Å². The number of rotatable bonds is 5. The van der Waals surface area contributed by atoms with Crippen LogP contribution in [0.15, 0.2) is 28.5 Å². The summed E-state index contributed by atoms with van der Waals surface area (Å²) in [7, 11) is 0. The van der Waals surface area contributed by atoms with Crippen LogP contribution in [0, 0.1) is 0 Å². The average Bonchev–Trinajstić information content (AvgIpc) is 2.81. The molecular weight excluding hydrogens is 250 g/mol. The lowest BCUT2D eigenvalue weighted by Crippen LogP contribution is -2.21. The van der Waals surface area contributed by atoms with Crippen molar-refractivity contribution in [2.45, 2.75) is 26.5 Å². The minimum Gasteiger partial charge on any atom is -0.372 e. The highest BCUT2D eigenvalue weighted by atomic mass is 32.1. The minimum atomic E-state index is -0.120. The van der Waals surface area contributed by atoms with Crippen molar-refractivity contribution in [3.63, 3.8) is 0 Å². The fourth-order valence-corrected chi connectivity index (χ4v) is 2.38. The Kier molecular flexibility index (Phi) is 4.22. The summed E-state index contributed by atoms with van der Waals surface area (Å²) in [5, 5.41) is 6.86. The Balaban J connectivity index is 2.12. The van der Waals surface area contributed by atoms with E-state index in [2.05, 4.69) is 10.1 Å². The predicted octanol–water partition coefficient (Wildman–Crippen LogP) is 1.85. The van der Waals surface area contributed by atoms with Crippen molar-refractivity contribution in [2.24, 2.45) is 0 Å². The number of hydrogen-bond acceptors (Lipinski definition) is 5. The molecule has 0 aliphatic rings. The summed E-state index contributed by atoms with van der Waals surface area (Å²) in [6.45, 7) is 4.99. The molecule has 96 valence electrons. The van der Waals surface area contributed by atoms with Crippen LogP contribution in [0.5, 0.6) is 0 Å². The van der Waals surface area contributed by atoms with Crippen LogP contribution in [0.3, 0.4) is 0 Å². The number of thiazole rings is 1. The Labute approximate surface area is 109 Å². The molecule has 2 aromatic heterocycles. The summed E-state index contributed by atoms with van der Waals surface area (Å²) in [6.07, 6.45) is 1.59. The molecule has 0 radical (unpaired) electrons. The molecule has 5 nitrogen and oxygen atoms in total. The first-order valence-electron chi connectivity index (χ1n) is 5.78. The van der Waals surface area contributed by atoms with E-state index in [4.69, 9.17) is 4.74 Å². The van der Waals surface area contributed by atoms with Crippen molar-refractivity contribution < 1.29 is 4.74 Å². The molecule has 18 heavy (non-hydrogen) atoms. The largest absolute Gasteiger partial charge is 0.372 e. The van der Waals surface area contributed by atoms with Crippen molar-refractivity contribution in [2.75, 3.05) is 6.61 Å². The number of hydrogen-bond donors (Lipinski definition) is 0. The van der Waals surface area contributed by atoms with Crippen LogP contribution < -0.4 is 5.56 Å². The van der Waals surface area contributed by atoms with Crippen LogP contribution in [0.2, 0.25) is 0 Å². The molecule has 0 aliphatic carbocycles. The second-order valence-electron chi connectivity index (χ2n) is 3.79. The van der Waals surface area contributed by atoms with Gasteiger partial charge in [-0.3, -0.25) is 4.79 Å². The van der Waals surface area contributed by atoms with Gasteiger partial charge in [0.1, 0.15) is 11.1 Å². The van der Waals surface area contributed by atoms with Gasteiger partial charge in [-0.05, 0) is 19.9 Å². The zero-order valence-corrected chi connectivity index (χ0v) is 11.2. The second kappa shape index (κ2) is 5.88. The Hall–Kier alpha value is -1.53. The standard InChI is InChI=1S/C12H15N3O2S/c1-3-17-9(2)12-14-10(8-18-12)7-15-11(16)5-4-6-13-15/h4-6,8-9H,3,7H2,1-2H3/t9-/m1/s1. The van der Waals surface area contributed by atoms with Gasteiger partial charge in [-0.1, -0.05) is 0 Å². The van der Waals surface area contributed by atoms with Crippen LogP contribution in [0.4, 0.5) is 0 Å². The Morgan fingerprint density at radius 3 is 3.11 bits per heavy atom. The number of ether oxygens (including phenoxy) is 1. The molecule has 2 aromatic rings. The van der Waals surface area contributed by atoms with Gasteiger partial charge in [0.05, 0.1) is 12.2 Å². The van der Waals surface area contributed by atoms with Gasteiger partial charge in [-0.2, -0.15) is 5.10 Å². The third-order valence-electron chi connectivity index (χ3n) is 2.43. The van der Waals surface area contributed by atoms with Crippen molar-refractivity contribution in [3.8, 4) is 0 Å². The summed E-state index contributed by atoms with van der Waals surface area (Å²) in [4.78, 5) is 16.0. The lowest BCUT2D eigenvalue weighted by molar-refractivity contribution is 0.0761. The summed E-state index contributed by atoms with van der Waals surface area (Å²) >= 11 is 1.54. The molecule has 6 heteroatoms. The molecule has 0 saturated heterocycles. The SMILES string of the molecule is CCO[C@H](C)c1nc(Cn2ncccc2=O)cs1. The average molecular weight is 265 g/mol. The molecule has 0 fully saturated rings. The monoisotopic (exact) mass is 265 g/mol. The first-order valence-corrected chi connectivity index (χ1v) is 6.66. The van der Waals surface area contributed by atoms with Crippen LogP contribution in [0.25, 0.3) is 0 Å². The summed E-state index contributed by atoms with van der Waals surface area (Å²) in [5.41, 5.74) is 0.715. The molecule has 0 aromatic carbocycles. The molecule has 0 bridgehead atoms. The van der Waals surface area contributed by atoms with Gasteiger partial charge in [0.25, 0.3) is 5.56 Å². The molecule has 0 aliphatic heterocycles. The van der Waals surface area contributed by atoms with Crippen molar-refractivity contribution in [3.05, 3.63) is 44.8 Å². The smallest absolute Gasteiger partial charge is 0.267 e. The van der Waals surface area contributed by atoms with E-state index in [1.165, 1.54) is 10.7 Å². The molecule has 2 heterocycles. The van der Waals surface area contributed by atoms with Gasteiger partial charge in [-0.25, -0.2) is 9.67 Å². The van der Waals surface area contributed by atoms with E-state index < -0.39 is 0 Å². The van der Waals surface area contributed by atoms with Crippen molar-refractivity contribution >= 4 is 11.3 Å². The first-order chi connectivity index (χ1) is 8.70. The molecule has 0 spiro atoms. The lowest BCUT2D eigenvalue weighted by atomic mass is 10.4. The number of nitrogens with zero attached hydrogens (tertiary/aromatic N) is 3. The maximum Gasteiger partial charge on any atom is 0.267 e. The summed E-state index contributed by atoms with van der Waals surface area (Å²) in [6, 6.07) is 3.12.